The van der Waals surface area contributed by atoms with E-state index in [2.05, 4.69) is 40.8 Å². The van der Waals surface area contributed by atoms with Crippen LogP contribution in [0.4, 0.5) is 0 Å². The van der Waals surface area contributed by atoms with Crippen LogP contribution >= 0.6 is 0 Å². The summed E-state index contributed by atoms with van der Waals surface area (Å²) in [6.45, 7) is 7.27. The van der Waals surface area contributed by atoms with Crippen LogP contribution in [0.25, 0.3) is 0 Å². The third kappa shape index (κ3) is 3.14. The van der Waals surface area contributed by atoms with Gasteiger partial charge in [-0.15, -0.1) is 0 Å². The first kappa shape index (κ1) is 10.2. The summed E-state index contributed by atoms with van der Waals surface area (Å²) in [5.41, 5.74) is 0. The van der Waals surface area contributed by atoms with Crippen molar-refractivity contribution in [3.05, 3.63) is 12.2 Å². The van der Waals surface area contributed by atoms with Crippen molar-refractivity contribution >= 4 is 0 Å². The van der Waals surface area contributed by atoms with Crippen LogP contribution in [0.2, 0.25) is 0 Å². The van der Waals surface area contributed by atoms with Crippen molar-refractivity contribution < 1.29 is 4.52 Å². The lowest BCUT2D eigenvalue weighted by molar-refractivity contribution is 0.371. The van der Waals surface area contributed by atoms with Crippen LogP contribution in [0.15, 0.2) is 10.9 Å². The highest BCUT2D eigenvalue weighted by atomic mass is 16.5. The highest BCUT2D eigenvalue weighted by Crippen LogP contribution is 2.05. The number of nitrogens with zero attached hydrogens (tertiary/aromatic N) is 2. The fourth-order valence-corrected chi connectivity index (χ4v) is 1.34. The molecular formula is C9H17N3O. The Morgan fingerprint density at radius 2 is 2.31 bits per heavy atom. The SMILES string of the molecule is CCC(NCc1ncon1)C(C)C. The van der Waals surface area contributed by atoms with Gasteiger partial charge in [-0.25, -0.2) is 0 Å². The van der Waals surface area contributed by atoms with E-state index < -0.39 is 0 Å². The minimum absolute atomic E-state index is 0.526. The first-order chi connectivity index (χ1) is 6.24. The van der Waals surface area contributed by atoms with Gasteiger partial charge in [-0.3, -0.25) is 0 Å². The van der Waals surface area contributed by atoms with Crippen LogP contribution in [0.5, 0.6) is 0 Å². The van der Waals surface area contributed by atoms with Gasteiger partial charge < -0.3 is 9.84 Å². The minimum Gasteiger partial charge on any atom is -0.343 e. The van der Waals surface area contributed by atoms with Gasteiger partial charge in [-0.1, -0.05) is 25.9 Å². The number of rotatable bonds is 5. The first-order valence-electron chi connectivity index (χ1n) is 4.72. The normalized spacial score (nSPS) is 13.5. The van der Waals surface area contributed by atoms with E-state index >= 15 is 0 Å². The fourth-order valence-electron chi connectivity index (χ4n) is 1.34. The fraction of sp³-hybridized carbons (Fsp3) is 0.778. The Labute approximate surface area is 78.7 Å². The summed E-state index contributed by atoms with van der Waals surface area (Å²) >= 11 is 0. The lowest BCUT2D eigenvalue weighted by Gasteiger charge is -2.19. The topological polar surface area (TPSA) is 51.0 Å². The van der Waals surface area contributed by atoms with Gasteiger partial charge in [0.2, 0.25) is 6.39 Å². The van der Waals surface area contributed by atoms with Crippen molar-refractivity contribution in [2.75, 3.05) is 0 Å². The highest BCUT2D eigenvalue weighted by molar-refractivity contribution is 4.79. The molecule has 1 aromatic heterocycles. The van der Waals surface area contributed by atoms with Gasteiger partial charge in [0.1, 0.15) is 0 Å². The third-order valence-corrected chi connectivity index (χ3v) is 2.17. The van der Waals surface area contributed by atoms with Crippen molar-refractivity contribution in [1.29, 1.82) is 0 Å². The standard InChI is InChI=1S/C9H17N3O/c1-4-8(7(2)3)10-5-9-11-6-13-12-9/h6-8,10H,4-5H2,1-3H3. The zero-order chi connectivity index (χ0) is 9.68. The number of hydrogen-bond donors (Lipinski definition) is 1. The number of nitrogens with one attached hydrogen (secondary N) is 1. The highest BCUT2D eigenvalue weighted by Gasteiger charge is 2.10. The van der Waals surface area contributed by atoms with Crippen LogP contribution < -0.4 is 5.32 Å². The van der Waals surface area contributed by atoms with E-state index in [1.165, 1.54) is 6.39 Å². The van der Waals surface area contributed by atoms with E-state index in [4.69, 9.17) is 0 Å². The van der Waals surface area contributed by atoms with Crippen LogP contribution in [0.3, 0.4) is 0 Å². The van der Waals surface area contributed by atoms with E-state index in [1.807, 2.05) is 0 Å². The molecular weight excluding hydrogens is 166 g/mol. The van der Waals surface area contributed by atoms with Crippen molar-refractivity contribution in [1.82, 2.24) is 15.5 Å². The molecule has 0 bridgehead atoms. The average molecular weight is 183 g/mol. The summed E-state index contributed by atoms with van der Waals surface area (Å²) < 4.78 is 4.64. The van der Waals surface area contributed by atoms with E-state index in [9.17, 15) is 0 Å². The molecule has 1 aromatic rings. The molecule has 0 radical (unpaired) electrons. The Morgan fingerprint density at radius 1 is 1.54 bits per heavy atom. The summed E-state index contributed by atoms with van der Waals surface area (Å²) in [5, 5.41) is 7.12. The molecule has 4 heteroatoms. The van der Waals surface area contributed by atoms with Gasteiger partial charge in [0.25, 0.3) is 0 Å². The molecule has 1 N–H and O–H groups in total. The van der Waals surface area contributed by atoms with E-state index in [1.54, 1.807) is 0 Å². The Morgan fingerprint density at radius 3 is 2.77 bits per heavy atom. The Kier molecular flexibility index (Phi) is 3.89. The van der Waals surface area contributed by atoms with Gasteiger partial charge in [-0.2, -0.15) is 4.98 Å². The molecule has 1 atom stereocenters. The molecule has 74 valence electrons. The van der Waals surface area contributed by atoms with Crippen molar-refractivity contribution in [2.24, 2.45) is 5.92 Å². The quantitative estimate of drug-likeness (QED) is 0.753. The average Bonchev–Trinajstić information content (AvgIpc) is 2.57. The van der Waals surface area contributed by atoms with Gasteiger partial charge >= 0.3 is 0 Å². The molecule has 0 aromatic carbocycles. The summed E-state index contributed by atoms with van der Waals surface area (Å²) in [4.78, 5) is 3.94. The van der Waals surface area contributed by atoms with Gasteiger partial charge in [0, 0.05) is 6.04 Å². The molecule has 0 amide bonds. The maximum atomic E-state index is 4.64. The van der Waals surface area contributed by atoms with Gasteiger partial charge in [-0.05, 0) is 12.3 Å². The molecule has 0 saturated carbocycles. The van der Waals surface area contributed by atoms with Crippen molar-refractivity contribution in [3.8, 4) is 0 Å². The van der Waals surface area contributed by atoms with Crippen molar-refractivity contribution in [3.63, 3.8) is 0 Å². The van der Waals surface area contributed by atoms with Crippen LogP contribution in [0, 0.1) is 5.92 Å². The molecule has 13 heavy (non-hydrogen) atoms. The van der Waals surface area contributed by atoms with E-state index in [0.29, 0.717) is 18.5 Å². The molecule has 1 heterocycles. The van der Waals surface area contributed by atoms with Gasteiger partial charge in [0.15, 0.2) is 5.82 Å². The zero-order valence-corrected chi connectivity index (χ0v) is 8.45. The Bertz CT molecular complexity index is 221. The number of aromatic nitrogens is 2. The predicted molar refractivity (Wildman–Crippen MR) is 50.1 cm³/mol. The largest absolute Gasteiger partial charge is 0.343 e. The molecule has 0 saturated heterocycles. The van der Waals surface area contributed by atoms with E-state index in [0.717, 1.165) is 12.2 Å². The smallest absolute Gasteiger partial charge is 0.213 e. The number of hydrogen-bond acceptors (Lipinski definition) is 4. The van der Waals surface area contributed by atoms with Gasteiger partial charge in [0.05, 0.1) is 6.54 Å². The second-order valence-corrected chi connectivity index (χ2v) is 3.49. The third-order valence-electron chi connectivity index (χ3n) is 2.17. The maximum absolute atomic E-state index is 4.64. The summed E-state index contributed by atoms with van der Waals surface area (Å²) in [6.07, 6.45) is 2.48. The molecule has 1 rings (SSSR count). The summed E-state index contributed by atoms with van der Waals surface area (Å²) in [5.74, 6) is 1.36. The molecule has 0 spiro atoms. The Balaban J connectivity index is 2.32. The lowest BCUT2D eigenvalue weighted by Crippen LogP contribution is -2.32. The Hall–Kier alpha value is -0.900. The second kappa shape index (κ2) is 4.97. The lowest BCUT2D eigenvalue weighted by atomic mass is 10.0. The first-order valence-corrected chi connectivity index (χ1v) is 4.72. The summed E-state index contributed by atoms with van der Waals surface area (Å²) in [7, 11) is 0. The molecule has 0 aliphatic carbocycles. The van der Waals surface area contributed by atoms with Crippen LogP contribution in [-0.2, 0) is 6.54 Å². The molecule has 0 fully saturated rings. The van der Waals surface area contributed by atoms with Crippen molar-refractivity contribution in [2.45, 2.75) is 39.8 Å². The minimum atomic E-state index is 0.526. The molecule has 0 aliphatic heterocycles. The zero-order valence-electron chi connectivity index (χ0n) is 8.45. The second-order valence-electron chi connectivity index (χ2n) is 3.49. The molecule has 1 unspecified atom stereocenters. The maximum Gasteiger partial charge on any atom is 0.213 e. The predicted octanol–water partition coefficient (Wildman–Crippen LogP) is 1.59. The molecule has 4 nitrogen and oxygen atoms in total. The monoisotopic (exact) mass is 183 g/mol. The van der Waals surface area contributed by atoms with Crippen LogP contribution in [0.1, 0.15) is 33.0 Å². The van der Waals surface area contributed by atoms with E-state index in [-0.39, 0.29) is 0 Å². The molecule has 0 aliphatic rings. The van der Waals surface area contributed by atoms with Crippen LogP contribution in [-0.4, -0.2) is 16.2 Å². The summed E-state index contributed by atoms with van der Waals surface area (Å²) in [6, 6.07) is 0.526.